The van der Waals surface area contributed by atoms with Crippen molar-refractivity contribution in [3.05, 3.63) is 11.3 Å². The van der Waals surface area contributed by atoms with Crippen molar-refractivity contribution in [2.75, 3.05) is 6.54 Å². The largest absolute Gasteiger partial charge is 0.413 e. The van der Waals surface area contributed by atoms with Crippen LogP contribution in [0.1, 0.15) is 6.92 Å². The predicted octanol–water partition coefficient (Wildman–Crippen LogP) is 0.561. The van der Waals surface area contributed by atoms with Crippen molar-refractivity contribution in [1.82, 2.24) is 5.48 Å². The lowest BCUT2D eigenvalue weighted by molar-refractivity contribution is -0.108. The summed E-state index contributed by atoms with van der Waals surface area (Å²) in [5.41, 5.74) is 3.03. The Hall–Kier alpha value is -0.540. The summed E-state index contributed by atoms with van der Waals surface area (Å²) in [5, 5.41) is -0.447. The van der Waals surface area contributed by atoms with Crippen molar-refractivity contribution in [2.24, 2.45) is 0 Å². The summed E-state index contributed by atoms with van der Waals surface area (Å²) in [6.07, 6.45) is 0. The molecule has 0 aromatic carbocycles. The fraction of sp³-hybridized carbons (Fsp3) is 0.400. The molecule has 0 saturated heterocycles. The van der Waals surface area contributed by atoms with E-state index in [1.807, 2.05) is 0 Å². The van der Waals surface area contributed by atoms with Crippen molar-refractivity contribution < 1.29 is 9.63 Å². The van der Waals surface area contributed by atoms with E-state index in [-0.39, 0.29) is 0 Å². The quantitative estimate of drug-likeness (QED) is 0.551. The van der Waals surface area contributed by atoms with Gasteiger partial charge >= 0.3 is 0 Å². The summed E-state index contributed by atoms with van der Waals surface area (Å²) in [4.78, 5) is 15.2. The number of hydrogen-bond donors (Lipinski definition) is 1. The molecule has 0 unspecified atom stereocenters. The molecule has 1 aliphatic heterocycles. The van der Waals surface area contributed by atoms with Crippen LogP contribution in [0.5, 0.6) is 0 Å². The number of hydroxylamine groups is 1. The molecule has 1 N–H and O–H groups in total. The smallest absolute Gasteiger partial charge is 0.253 e. The molecular formula is C5H6ClNO2. The maximum Gasteiger partial charge on any atom is 0.253 e. The summed E-state index contributed by atoms with van der Waals surface area (Å²) in [7, 11) is 0. The number of hydrogen-bond acceptors (Lipinski definition) is 3. The number of carbonyl (C=O) groups is 1. The van der Waals surface area contributed by atoms with E-state index >= 15 is 0 Å². The van der Waals surface area contributed by atoms with Gasteiger partial charge in [-0.05, 0) is 18.5 Å². The molecule has 0 radical (unpaired) electrons. The third-order valence-electron chi connectivity index (χ3n) is 1.14. The standard InChI is InChI=1S/C5H6ClNO2/c1-3-4(5(6)8)2-7-9-3/h7H,2H2,1H3. The number of carbonyl (C=O) groups excluding carboxylic acids is 1. The molecule has 0 atom stereocenters. The molecule has 3 nitrogen and oxygen atoms in total. The molecule has 0 fully saturated rings. The molecule has 0 aromatic rings. The Labute approximate surface area is 57.6 Å². The Morgan fingerprint density at radius 2 is 2.56 bits per heavy atom. The van der Waals surface area contributed by atoms with Crippen LogP contribution in [0.2, 0.25) is 0 Å². The van der Waals surface area contributed by atoms with Gasteiger partial charge in [0.25, 0.3) is 5.24 Å². The number of allylic oxidation sites excluding steroid dienone is 1. The zero-order chi connectivity index (χ0) is 6.85. The van der Waals surface area contributed by atoms with Crippen molar-refractivity contribution in [2.45, 2.75) is 6.92 Å². The van der Waals surface area contributed by atoms with Crippen molar-refractivity contribution in [1.29, 1.82) is 0 Å². The van der Waals surface area contributed by atoms with Gasteiger partial charge in [-0.3, -0.25) is 4.79 Å². The van der Waals surface area contributed by atoms with Crippen LogP contribution in [-0.2, 0) is 9.63 Å². The first-order valence-electron chi connectivity index (χ1n) is 2.51. The average molecular weight is 148 g/mol. The van der Waals surface area contributed by atoms with Crippen LogP contribution in [0.3, 0.4) is 0 Å². The second-order valence-corrected chi connectivity index (χ2v) is 2.07. The molecule has 0 bridgehead atoms. The summed E-state index contributed by atoms with van der Waals surface area (Å²) >= 11 is 5.16. The third-order valence-corrected chi connectivity index (χ3v) is 1.36. The Balaban J connectivity index is 2.78. The van der Waals surface area contributed by atoms with Crippen LogP contribution in [0, 0.1) is 0 Å². The molecule has 0 aromatic heterocycles. The molecule has 4 heteroatoms. The fourth-order valence-corrected chi connectivity index (χ4v) is 0.810. The van der Waals surface area contributed by atoms with Gasteiger partial charge in [0.1, 0.15) is 5.76 Å². The third kappa shape index (κ3) is 1.23. The van der Waals surface area contributed by atoms with Gasteiger partial charge in [0, 0.05) is 0 Å². The monoisotopic (exact) mass is 147 g/mol. The highest BCUT2D eigenvalue weighted by Gasteiger charge is 2.16. The van der Waals surface area contributed by atoms with Gasteiger partial charge in [0.2, 0.25) is 0 Å². The Kier molecular flexibility index (Phi) is 1.73. The number of rotatable bonds is 1. The van der Waals surface area contributed by atoms with Gasteiger partial charge in [0.15, 0.2) is 0 Å². The molecule has 50 valence electrons. The first kappa shape index (κ1) is 6.58. The normalized spacial score (nSPS) is 18.0. The highest BCUT2D eigenvalue weighted by Crippen LogP contribution is 2.12. The molecule has 1 rings (SSSR count). The Morgan fingerprint density at radius 3 is 2.78 bits per heavy atom. The molecule has 0 aliphatic carbocycles. The lowest BCUT2D eigenvalue weighted by Crippen LogP contribution is -2.08. The lowest BCUT2D eigenvalue weighted by atomic mass is 10.3. The number of nitrogens with one attached hydrogen (secondary N) is 1. The van der Waals surface area contributed by atoms with Crippen LogP contribution < -0.4 is 5.48 Å². The summed E-state index contributed by atoms with van der Waals surface area (Å²) < 4.78 is 0. The maximum atomic E-state index is 10.4. The van der Waals surface area contributed by atoms with E-state index in [4.69, 9.17) is 16.4 Å². The topological polar surface area (TPSA) is 38.3 Å². The van der Waals surface area contributed by atoms with E-state index in [9.17, 15) is 4.79 Å². The molecule has 0 saturated carbocycles. The van der Waals surface area contributed by atoms with Crippen molar-refractivity contribution in [3.8, 4) is 0 Å². The van der Waals surface area contributed by atoms with Crippen LogP contribution in [0.25, 0.3) is 0 Å². The van der Waals surface area contributed by atoms with E-state index in [2.05, 4.69) is 5.48 Å². The molecule has 0 spiro atoms. The van der Waals surface area contributed by atoms with E-state index in [1.165, 1.54) is 0 Å². The van der Waals surface area contributed by atoms with Gasteiger partial charge in [0.05, 0.1) is 12.1 Å². The van der Waals surface area contributed by atoms with Crippen molar-refractivity contribution in [3.63, 3.8) is 0 Å². The molecule has 9 heavy (non-hydrogen) atoms. The minimum absolute atomic E-state index is 0.411. The Bertz CT molecular complexity index is 176. The first-order valence-corrected chi connectivity index (χ1v) is 2.89. The zero-order valence-corrected chi connectivity index (χ0v) is 5.66. The fourth-order valence-electron chi connectivity index (χ4n) is 0.610. The predicted molar refractivity (Wildman–Crippen MR) is 32.6 cm³/mol. The summed E-state index contributed by atoms with van der Waals surface area (Å²) in [6.45, 7) is 2.10. The number of halogens is 1. The zero-order valence-electron chi connectivity index (χ0n) is 4.90. The van der Waals surface area contributed by atoms with Gasteiger partial charge in [-0.2, -0.15) is 5.48 Å². The second kappa shape index (κ2) is 2.37. The molecule has 1 heterocycles. The van der Waals surface area contributed by atoms with Gasteiger partial charge in [-0.1, -0.05) is 0 Å². The summed E-state index contributed by atoms with van der Waals surface area (Å²) in [6, 6.07) is 0. The highest BCUT2D eigenvalue weighted by molar-refractivity contribution is 6.67. The second-order valence-electron chi connectivity index (χ2n) is 1.73. The SMILES string of the molecule is CC1=C(C(=O)Cl)CNO1. The molecule has 0 amide bonds. The van der Waals surface area contributed by atoms with Gasteiger partial charge in [-0.25, -0.2) is 0 Å². The summed E-state index contributed by atoms with van der Waals surface area (Å²) in [5.74, 6) is 0.565. The molecule has 1 aliphatic rings. The van der Waals surface area contributed by atoms with Crippen LogP contribution in [0.15, 0.2) is 11.3 Å². The highest BCUT2D eigenvalue weighted by atomic mass is 35.5. The first-order chi connectivity index (χ1) is 4.22. The van der Waals surface area contributed by atoms with Gasteiger partial charge in [-0.15, -0.1) is 0 Å². The maximum absolute atomic E-state index is 10.4. The van der Waals surface area contributed by atoms with Crippen LogP contribution in [0.4, 0.5) is 0 Å². The molecular weight excluding hydrogens is 142 g/mol. The van der Waals surface area contributed by atoms with Crippen LogP contribution >= 0.6 is 11.6 Å². The van der Waals surface area contributed by atoms with Crippen LogP contribution in [-0.4, -0.2) is 11.8 Å². The minimum Gasteiger partial charge on any atom is -0.413 e. The average Bonchev–Trinajstić information content (AvgIpc) is 2.13. The minimum atomic E-state index is -0.447. The van der Waals surface area contributed by atoms with Gasteiger partial charge < -0.3 is 4.84 Å². The van der Waals surface area contributed by atoms with E-state index in [0.29, 0.717) is 17.9 Å². The lowest BCUT2D eigenvalue weighted by Gasteiger charge is -1.90. The Morgan fingerprint density at radius 1 is 1.89 bits per heavy atom. The van der Waals surface area contributed by atoms with E-state index < -0.39 is 5.24 Å². The van der Waals surface area contributed by atoms with E-state index in [0.717, 1.165) is 0 Å². The van der Waals surface area contributed by atoms with Crippen molar-refractivity contribution >= 4 is 16.8 Å². The van der Waals surface area contributed by atoms with E-state index in [1.54, 1.807) is 6.92 Å².